The zero-order valence-electron chi connectivity index (χ0n) is 14.7. The van der Waals surface area contributed by atoms with Gasteiger partial charge in [-0.15, -0.1) is 0 Å². The van der Waals surface area contributed by atoms with Gasteiger partial charge in [-0.05, 0) is 42.8 Å². The molecule has 0 aliphatic carbocycles. The number of anilines is 1. The van der Waals surface area contributed by atoms with E-state index in [4.69, 9.17) is 0 Å². The van der Waals surface area contributed by atoms with Gasteiger partial charge in [-0.25, -0.2) is 9.97 Å². The van der Waals surface area contributed by atoms with Crippen LogP contribution in [0.25, 0.3) is 20.9 Å². The van der Waals surface area contributed by atoms with Gasteiger partial charge in [-0.2, -0.15) is 0 Å². The van der Waals surface area contributed by atoms with Crippen LogP contribution in [-0.4, -0.2) is 20.8 Å². The highest BCUT2D eigenvalue weighted by Crippen LogP contribution is 2.31. The fraction of sp³-hybridized carbons (Fsp3) is 0.0500. The molecule has 8 heteroatoms. The van der Waals surface area contributed by atoms with Gasteiger partial charge in [-0.1, -0.05) is 23.5 Å². The number of nitrogens with one attached hydrogen (secondary N) is 1. The van der Waals surface area contributed by atoms with E-state index in [1.54, 1.807) is 6.20 Å². The molecule has 0 atom stereocenters. The molecule has 0 aliphatic heterocycles. The quantitative estimate of drug-likeness (QED) is 0.398. The molecule has 7 nitrogen and oxygen atoms in total. The number of nitro groups is 1. The molecule has 2 aromatic carbocycles. The number of amides is 1. The molecule has 0 radical (unpaired) electrons. The number of nitrogens with zero attached hydrogens (tertiary/aromatic N) is 3. The Balaban J connectivity index is 1.61. The number of rotatable bonds is 4. The van der Waals surface area contributed by atoms with E-state index < -0.39 is 4.92 Å². The van der Waals surface area contributed by atoms with Gasteiger partial charge in [0, 0.05) is 35.1 Å². The van der Waals surface area contributed by atoms with E-state index in [1.165, 1.54) is 35.6 Å². The third-order valence-electron chi connectivity index (χ3n) is 4.24. The molecular weight excluding hydrogens is 376 g/mol. The second-order valence-corrected chi connectivity index (χ2v) is 7.11. The number of fused-ring (bicyclic) bond motifs is 1. The van der Waals surface area contributed by atoms with Crippen molar-refractivity contribution in [2.75, 3.05) is 5.32 Å². The van der Waals surface area contributed by atoms with Gasteiger partial charge in [0.2, 0.25) is 0 Å². The predicted octanol–water partition coefficient (Wildman–Crippen LogP) is 4.83. The van der Waals surface area contributed by atoms with Crippen LogP contribution >= 0.6 is 11.3 Å². The van der Waals surface area contributed by atoms with Gasteiger partial charge in [0.25, 0.3) is 11.6 Å². The molecule has 0 saturated heterocycles. The summed E-state index contributed by atoms with van der Waals surface area (Å²) >= 11 is 1.49. The third kappa shape index (κ3) is 3.45. The fourth-order valence-corrected chi connectivity index (χ4v) is 3.62. The largest absolute Gasteiger partial charge is 0.322 e. The van der Waals surface area contributed by atoms with Crippen molar-refractivity contribution in [2.45, 2.75) is 6.92 Å². The van der Waals surface area contributed by atoms with E-state index in [1.807, 2.05) is 37.3 Å². The Hall–Kier alpha value is -3.65. The Morgan fingerprint density at radius 1 is 1.14 bits per heavy atom. The number of hydrogen-bond acceptors (Lipinski definition) is 6. The number of aryl methyl sites for hydroxylation is 1. The van der Waals surface area contributed by atoms with E-state index in [0.29, 0.717) is 11.3 Å². The van der Waals surface area contributed by atoms with Crippen molar-refractivity contribution < 1.29 is 9.72 Å². The Morgan fingerprint density at radius 3 is 2.64 bits per heavy atom. The number of non-ortho nitro benzene ring substituents is 1. The maximum absolute atomic E-state index is 12.5. The molecule has 0 unspecified atom stereocenters. The van der Waals surface area contributed by atoms with E-state index in [0.717, 1.165) is 26.5 Å². The van der Waals surface area contributed by atoms with Crippen LogP contribution < -0.4 is 5.32 Å². The van der Waals surface area contributed by atoms with E-state index in [9.17, 15) is 14.9 Å². The lowest BCUT2D eigenvalue weighted by molar-refractivity contribution is -0.384. The molecule has 0 aliphatic rings. The molecule has 0 spiro atoms. The Morgan fingerprint density at radius 2 is 1.93 bits per heavy atom. The highest BCUT2D eigenvalue weighted by molar-refractivity contribution is 7.21. The van der Waals surface area contributed by atoms with Gasteiger partial charge in [0.05, 0.1) is 4.92 Å². The van der Waals surface area contributed by atoms with Crippen LogP contribution in [0.5, 0.6) is 0 Å². The van der Waals surface area contributed by atoms with Crippen molar-refractivity contribution in [3.63, 3.8) is 0 Å². The van der Waals surface area contributed by atoms with E-state index >= 15 is 0 Å². The minimum Gasteiger partial charge on any atom is -0.322 e. The number of nitro benzene ring substituents is 1. The zero-order valence-corrected chi connectivity index (χ0v) is 15.6. The molecule has 2 aromatic heterocycles. The summed E-state index contributed by atoms with van der Waals surface area (Å²) in [6.45, 7) is 1.90. The van der Waals surface area contributed by atoms with Crippen LogP contribution in [-0.2, 0) is 0 Å². The van der Waals surface area contributed by atoms with Crippen molar-refractivity contribution in [2.24, 2.45) is 0 Å². The maximum Gasteiger partial charge on any atom is 0.269 e. The molecule has 4 aromatic rings. The molecule has 0 bridgehead atoms. The first-order valence-corrected chi connectivity index (χ1v) is 9.21. The highest BCUT2D eigenvalue weighted by atomic mass is 32.1. The lowest BCUT2D eigenvalue weighted by Crippen LogP contribution is -2.12. The van der Waals surface area contributed by atoms with Crippen molar-refractivity contribution in [3.05, 3.63) is 82.0 Å². The fourth-order valence-electron chi connectivity index (χ4n) is 2.71. The minimum atomic E-state index is -0.498. The molecule has 4 rings (SSSR count). The van der Waals surface area contributed by atoms with Crippen molar-refractivity contribution in [1.29, 1.82) is 0 Å². The third-order valence-corrected chi connectivity index (χ3v) is 5.27. The van der Waals surface area contributed by atoms with Crippen LogP contribution in [0, 0.1) is 17.0 Å². The van der Waals surface area contributed by atoms with Gasteiger partial charge in [0.15, 0.2) is 0 Å². The smallest absolute Gasteiger partial charge is 0.269 e. The van der Waals surface area contributed by atoms with Crippen LogP contribution in [0.1, 0.15) is 15.9 Å². The zero-order chi connectivity index (χ0) is 19.7. The van der Waals surface area contributed by atoms with E-state index in [-0.39, 0.29) is 11.6 Å². The molecule has 0 fully saturated rings. The van der Waals surface area contributed by atoms with E-state index in [2.05, 4.69) is 15.3 Å². The van der Waals surface area contributed by atoms with Crippen LogP contribution in [0.2, 0.25) is 0 Å². The van der Waals surface area contributed by atoms with Crippen LogP contribution in [0.15, 0.2) is 60.8 Å². The van der Waals surface area contributed by atoms with Crippen molar-refractivity contribution in [3.8, 4) is 10.6 Å². The highest BCUT2D eigenvalue weighted by Gasteiger charge is 2.13. The standard InChI is InChI=1S/C20H14N4O3S/c1-12-4-5-14(19-23-16-3-2-10-21-20(16)28-19)11-17(12)22-18(25)13-6-8-15(9-7-13)24(26)27/h2-11H,1H3,(H,22,25). The minimum absolute atomic E-state index is 0.0563. The Kier molecular flexibility index (Phi) is 4.54. The predicted molar refractivity (Wildman–Crippen MR) is 109 cm³/mol. The second kappa shape index (κ2) is 7.16. The lowest BCUT2D eigenvalue weighted by atomic mass is 10.1. The van der Waals surface area contributed by atoms with Gasteiger partial charge in [0.1, 0.15) is 15.4 Å². The summed E-state index contributed by atoms with van der Waals surface area (Å²) in [5, 5.41) is 14.4. The first-order chi connectivity index (χ1) is 13.5. The molecule has 138 valence electrons. The average molecular weight is 390 g/mol. The Labute approximate surface area is 163 Å². The Bertz CT molecular complexity index is 1170. The summed E-state index contributed by atoms with van der Waals surface area (Å²) in [6, 6.07) is 15.0. The second-order valence-electron chi connectivity index (χ2n) is 6.13. The summed E-state index contributed by atoms with van der Waals surface area (Å²) in [7, 11) is 0. The van der Waals surface area contributed by atoms with Crippen LogP contribution in [0.3, 0.4) is 0 Å². The lowest BCUT2D eigenvalue weighted by Gasteiger charge is -2.10. The number of hydrogen-bond donors (Lipinski definition) is 1. The van der Waals surface area contributed by atoms with Crippen molar-refractivity contribution in [1.82, 2.24) is 9.97 Å². The number of aromatic nitrogens is 2. The number of carbonyl (C=O) groups is 1. The van der Waals surface area contributed by atoms with Gasteiger partial charge < -0.3 is 5.32 Å². The summed E-state index contributed by atoms with van der Waals surface area (Å²) in [5.41, 5.74) is 3.57. The summed E-state index contributed by atoms with van der Waals surface area (Å²) < 4.78 is 0. The monoisotopic (exact) mass is 390 g/mol. The van der Waals surface area contributed by atoms with Crippen LogP contribution in [0.4, 0.5) is 11.4 Å². The number of benzene rings is 2. The molecule has 1 N–H and O–H groups in total. The van der Waals surface area contributed by atoms with Gasteiger partial charge >= 0.3 is 0 Å². The number of carbonyl (C=O) groups excluding carboxylic acids is 1. The van der Waals surface area contributed by atoms with Crippen molar-refractivity contribution >= 4 is 39.0 Å². The average Bonchev–Trinajstić information content (AvgIpc) is 3.14. The summed E-state index contributed by atoms with van der Waals surface area (Å²) in [4.78, 5) is 32.6. The SMILES string of the molecule is Cc1ccc(-c2nc3cccnc3s2)cc1NC(=O)c1ccc([N+](=O)[O-])cc1. The molecule has 1 amide bonds. The molecule has 28 heavy (non-hydrogen) atoms. The number of thiazole rings is 1. The summed E-state index contributed by atoms with van der Waals surface area (Å²) in [5.74, 6) is -0.332. The molecule has 0 saturated carbocycles. The summed E-state index contributed by atoms with van der Waals surface area (Å²) in [6.07, 6.45) is 1.73. The first kappa shape index (κ1) is 17.7. The first-order valence-electron chi connectivity index (χ1n) is 8.39. The maximum atomic E-state index is 12.5. The molecule has 2 heterocycles. The van der Waals surface area contributed by atoms with Gasteiger partial charge in [-0.3, -0.25) is 14.9 Å². The number of pyridine rings is 1. The normalized spacial score (nSPS) is 10.8. The molecular formula is C20H14N4O3S. The topological polar surface area (TPSA) is 98.0 Å².